The third-order valence-corrected chi connectivity index (χ3v) is 6.96. The number of amides is 1. The number of carbonyl (C=O) groups excluding carboxylic acids is 1. The van der Waals surface area contributed by atoms with E-state index in [1.165, 1.54) is 23.5 Å². The molecule has 0 saturated carbocycles. The molecular formula is C21H20N2O4S2. The highest BCUT2D eigenvalue weighted by Gasteiger charge is 2.24. The van der Waals surface area contributed by atoms with Crippen molar-refractivity contribution in [2.45, 2.75) is 23.9 Å². The Balaban J connectivity index is 1.49. The summed E-state index contributed by atoms with van der Waals surface area (Å²) in [5, 5.41) is 4.88. The zero-order valence-corrected chi connectivity index (χ0v) is 17.1. The van der Waals surface area contributed by atoms with Crippen molar-refractivity contribution in [3.8, 4) is 5.75 Å². The van der Waals surface area contributed by atoms with Gasteiger partial charge in [-0.3, -0.25) is 4.79 Å². The highest BCUT2D eigenvalue weighted by atomic mass is 32.2. The fourth-order valence-electron chi connectivity index (χ4n) is 3.20. The molecule has 150 valence electrons. The minimum atomic E-state index is -3.72. The molecule has 8 heteroatoms. The lowest BCUT2D eigenvalue weighted by molar-refractivity contribution is 0.0924. The van der Waals surface area contributed by atoms with E-state index in [0.717, 1.165) is 16.2 Å². The Bertz CT molecular complexity index is 1110. The van der Waals surface area contributed by atoms with Gasteiger partial charge in [0.15, 0.2) is 0 Å². The van der Waals surface area contributed by atoms with Crippen LogP contribution in [0.2, 0.25) is 0 Å². The fourth-order valence-corrected chi connectivity index (χ4v) is 4.99. The van der Waals surface area contributed by atoms with Gasteiger partial charge >= 0.3 is 0 Å². The van der Waals surface area contributed by atoms with Crippen molar-refractivity contribution in [1.82, 2.24) is 10.0 Å². The zero-order chi connectivity index (χ0) is 20.3. The van der Waals surface area contributed by atoms with Gasteiger partial charge in [0.05, 0.1) is 17.5 Å². The number of fused-ring (bicyclic) bond motifs is 1. The number of rotatable bonds is 6. The largest absolute Gasteiger partial charge is 0.493 e. The Labute approximate surface area is 173 Å². The Morgan fingerprint density at radius 1 is 1.10 bits per heavy atom. The molecule has 1 amide bonds. The van der Waals surface area contributed by atoms with Gasteiger partial charge in [0.1, 0.15) is 5.75 Å². The van der Waals surface area contributed by atoms with E-state index in [0.29, 0.717) is 18.6 Å². The maximum atomic E-state index is 12.8. The molecule has 0 aliphatic carbocycles. The highest BCUT2D eigenvalue weighted by molar-refractivity contribution is 7.89. The molecule has 1 aliphatic heterocycles. The molecule has 2 heterocycles. The number of ether oxygens (including phenoxy) is 1. The van der Waals surface area contributed by atoms with E-state index in [2.05, 4.69) is 10.0 Å². The van der Waals surface area contributed by atoms with Crippen LogP contribution >= 0.6 is 11.3 Å². The average Bonchev–Trinajstić information content (AvgIpc) is 3.26. The maximum Gasteiger partial charge on any atom is 0.251 e. The molecule has 1 aromatic heterocycles. The van der Waals surface area contributed by atoms with E-state index >= 15 is 0 Å². The van der Waals surface area contributed by atoms with Gasteiger partial charge in [-0.05, 0) is 35.7 Å². The van der Waals surface area contributed by atoms with E-state index in [9.17, 15) is 13.2 Å². The molecule has 1 aliphatic rings. The van der Waals surface area contributed by atoms with Crippen LogP contribution in [-0.4, -0.2) is 20.9 Å². The predicted molar refractivity (Wildman–Crippen MR) is 112 cm³/mol. The van der Waals surface area contributed by atoms with E-state index < -0.39 is 10.0 Å². The second kappa shape index (κ2) is 8.36. The third-order valence-electron chi connectivity index (χ3n) is 4.69. The lowest BCUT2D eigenvalue weighted by atomic mass is 10.00. The average molecular weight is 429 g/mol. The number of carbonyl (C=O) groups is 1. The smallest absolute Gasteiger partial charge is 0.251 e. The van der Waals surface area contributed by atoms with Crippen molar-refractivity contribution >= 4 is 27.3 Å². The highest BCUT2D eigenvalue weighted by Crippen LogP contribution is 2.31. The lowest BCUT2D eigenvalue weighted by Gasteiger charge is -2.26. The van der Waals surface area contributed by atoms with Crippen LogP contribution in [0.3, 0.4) is 0 Å². The van der Waals surface area contributed by atoms with Gasteiger partial charge in [0.2, 0.25) is 10.0 Å². The van der Waals surface area contributed by atoms with Gasteiger partial charge in [0.25, 0.3) is 5.91 Å². The Hall–Kier alpha value is -2.68. The number of hydrogen-bond acceptors (Lipinski definition) is 5. The second-order valence-corrected chi connectivity index (χ2v) is 9.43. The summed E-state index contributed by atoms with van der Waals surface area (Å²) in [7, 11) is -3.72. The number of sulfonamides is 1. The monoisotopic (exact) mass is 428 g/mol. The summed E-state index contributed by atoms with van der Waals surface area (Å²) < 4.78 is 33.4. The first kappa shape index (κ1) is 19.6. The molecule has 2 N–H and O–H groups in total. The van der Waals surface area contributed by atoms with Gasteiger partial charge in [-0.2, -0.15) is 0 Å². The van der Waals surface area contributed by atoms with Crippen molar-refractivity contribution in [3.63, 3.8) is 0 Å². The summed E-state index contributed by atoms with van der Waals surface area (Å²) in [6.45, 7) is 0.734. The van der Waals surface area contributed by atoms with Crippen LogP contribution in [-0.2, 0) is 16.6 Å². The van der Waals surface area contributed by atoms with Crippen LogP contribution < -0.4 is 14.8 Å². The molecule has 4 rings (SSSR count). The van der Waals surface area contributed by atoms with Gasteiger partial charge in [-0.1, -0.05) is 30.3 Å². The van der Waals surface area contributed by atoms with E-state index in [1.54, 1.807) is 12.1 Å². The Kier molecular flexibility index (Phi) is 5.66. The Morgan fingerprint density at radius 2 is 1.97 bits per heavy atom. The minimum Gasteiger partial charge on any atom is -0.493 e. The first-order valence-electron chi connectivity index (χ1n) is 9.18. The standard InChI is InChI=1S/C21H20N2O4S2/c24-21(23-19-10-11-27-20-9-2-1-8-18(19)20)15-5-3-7-17(13-15)29(25,26)22-14-16-6-4-12-28-16/h1-9,12-13,19,22H,10-11,14H2,(H,23,24)/t19-/m1/s1. The topological polar surface area (TPSA) is 84.5 Å². The molecule has 0 bridgehead atoms. The maximum absolute atomic E-state index is 12.8. The molecule has 0 fully saturated rings. The number of para-hydroxylation sites is 1. The van der Waals surface area contributed by atoms with E-state index in [4.69, 9.17) is 4.74 Å². The van der Waals surface area contributed by atoms with E-state index in [-0.39, 0.29) is 23.4 Å². The normalized spacial score (nSPS) is 15.9. The Morgan fingerprint density at radius 3 is 2.79 bits per heavy atom. The van der Waals surface area contributed by atoms with Crippen molar-refractivity contribution in [2.24, 2.45) is 0 Å². The van der Waals surface area contributed by atoms with Crippen molar-refractivity contribution in [1.29, 1.82) is 0 Å². The molecule has 2 aromatic carbocycles. The number of thiophene rings is 1. The number of benzene rings is 2. The fraction of sp³-hybridized carbons (Fsp3) is 0.190. The van der Waals surface area contributed by atoms with Crippen LogP contribution in [0.4, 0.5) is 0 Å². The van der Waals surface area contributed by atoms with Crippen molar-refractivity contribution < 1.29 is 17.9 Å². The summed E-state index contributed by atoms with van der Waals surface area (Å²) >= 11 is 1.48. The lowest BCUT2D eigenvalue weighted by Crippen LogP contribution is -2.32. The quantitative estimate of drug-likeness (QED) is 0.630. The molecule has 29 heavy (non-hydrogen) atoms. The summed E-state index contributed by atoms with van der Waals surface area (Å²) in [5.41, 5.74) is 1.22. The molecular weight excluding hydrogens is 408 g/mol. The molecule has 6 nitrogen and oxygen atoms in total. The predicted octanol–water partition coefficient (Wildman–Crippen LogP) is 3.48. The molecule has 0 spiro atoms. The van der Waals surface area contributed by atoms with Crippen LogP contribution in [0.15, 0.2) is 70.9 Å². The third kappa shape index (κ3) is 4.50. The van der Waals surface area contributed by atoms with Crippen molar-refractivity contribution in [2.75, 3.05) is 6.61 Å². The molecule has 0 unspecified atom stereocenters. The minimum absolute atomic E-state index is 0.0640. The summed E-state index contributed by atoms with van der Waals surface area (Å²) in [6.07, 6.45) is 0.656. The number of nitrogens with one attached hydrogen (secondary N) is 2. The van der Waals surface area contributed by atoms with Gasteiger partial charge in [-0.25, -0.2) is 13.1 Å². The molecule has 1 atom stereocenters. The summed E-state index contributed by atoms with van der Waals surface area (Å²) in [4.78, 5) is 13.8. The van der Waals surface area contributed by atoms with Crippen molar-refractivity contribution in [3.05, 3.63) is 82.0 Å². The number of hydrogen-bond donors (Lipinski definition) is 2. The summed E-state index contributed by atoms with van der Waals surface area (Å²) in [5.74, 6) is 0.445. The molecule has 3 aromatic rings. The summed E-state index contributed by atoms with van der Waals surface area (Å²) in [6, 6.07) is 17.2. The first-order valence-corrected chi connectivity index (χ1v) is 11.5. The van der Waals surface area contributed by atoms with Crippen LogP contribution in [0.1, 0.15) is 33.3 Å². The first-order chi connectivity index (χ1) is 14.0. The van der Waals surface area contributed by atoms with Crippen LogP contribution in [0.25, 0.3) is 0 Å². The molecule has 0 saturated heterocycles. The van der Waals surface area contributed by atoms with E-state index in [1.807, 2.05) is 41.8 Å². The van der Waals surface area contributed by atoms with Crippen LogP contribution in [0, 0.1) is 0 Å². The van der Waals surface area contributed by atoms with Gasteiger partial charge in [0, 0.05) is 29.0 Å². The molecule has 0 radical (unpaired) electrons. The second-order valence-electron chi connectivity index (χ2n) is 6.63. The SMILES string of the molecule is O=C(N[C@@H]1CCOc2ccccc21)c1cccc(S(=O)(=O)NCc2cccs2)c1. The zero-order valence-electron chi connectivity index (χ0n) is 15.5. The van der Waals surface area contributed by atoms with Crippen LogP contribution in [0.5, 0.6) is 5.75 Å². The van der Waals surface area contributed by atoms with Gasteiger partial charge < -0.3 is 10.1 Å². The van der Waals surface area contributed by atoms with Gasteiger partial charge in [-0.15, -0.1) is 11.3 Å².